The molecule has 1 saturated carbocycles. The topological polar surface area (TPSA) is 12.0 Å². The molecule has 0 heterocycles. The SMILES string of the molecule is CNC(c1ccc(C)cc1Cl)C1CCC(C)CC1. The lowest BCUT2D eigenvalue weighted by atomic mass is 9.77. The average Bonchev–Trinajstić information content (AvgIpc) is 2.35. The molecule has 2 heteroatoms. The van der Waals surface area contributed by atoms with Gasteiger partial charge in [0.25, 0.3) is 0 Å². The summed E-state index contributed by atoms with van der Waals surface area (Å²) in [5, 5.41) is 4.39. The van der Waals surface area contributed by atoms with Gasteiger partial charge in [0.2, 0.25) is 0 Å². The van der Waals surface area contributed by atoms with Crippen LogP contribution >= 0.6 is 11.6 Å². The zero-order chi connectivity index (χ0) is 13.1. The Bertz CT molecular complexity index is 394. The fourth-order valence-electron chi connectivity index (χ4n) is 3.15. The number of benzene rings is 1. The van der Waals surface area contributed by atoms with Crippen LogP contribution in [0.3, 0.4) is 0 Å². The van der Waals surface area contributed by atoms with E-state index in [4.69, 9.17) is 11.6 Å². The van der Waals surface area contributed by atoms with E-state index >= 15 is 0 Å². The summed E-state index contributed by atoms with van der Waals surface area (Å²) < 4.78 is 0. The third-order valence-corrected chi connectivity index (χ3v) is 4.66. The second kappa shape index (κ2) is 6.08. The van der Waals surface area contributed by atoms with Crippen molar-refractivity contribution < 1.29 is 0 Å². The zero-order valence-electron chi connectivity index (χ0n) is 11.7. The molecule has 1 aliphatic carbocycles. The van der Waals surface area contributed by atoms with Gasteiger partial charge in [-0.15, -0.1) is 0 Å². The highest BCUT2D eigenvalue weighted by atomic mass is 35.5. The van der Waals surface area contributed by atoms with Crippen LogP contribution in [0.1, 0.15) is 49.8 Å². The van der Waals surface area contributed by atoms with E-state index in [1.807, 2.05) is 0 Å². The summed E-state index contributed by atoms with van der Waals surface area (Å²) >= 11 is 6.41. The lowest BCUT2D eigenvalue weighted by Gasteiger charge is -2.33. The largest absolute Gasteiger partial charge is 0.313 e. The summed E-state index contributed by atoms with van der Waals surface area (Å²) in [7, 11) is 2.05. The Balaban J connectivity index is 2.17. The normalized spacial score (nSPS) is 26.0. The van der Waals surface area contributed by atoms with E-state index < -0.39 is 0 Å². The van der Waals surface area contributed by atoms with Crippen LogP contribution in [0.4, 0.5) is 0 Å². The van der Waals surface area contributed by atoms with Crippen LogP contribution in [0.25, 0.3) is 0 Å². The lowest BCUT2D eigenvalue weighted by molar-refractivity contribution is 0.238. The maximum Gasteiger partial charge on any atom is 0.0456 e. The molecule has 1 atom stereocenters. The molecule has 0 radical (unpaired) electrons. The first kappa shape index (κ1) is 13.9. The van der Waals surface area contributed by atoms with Gasteiger partial charge in [0, 0.05) is 11.1 Å². The summed E-state index contributed by atoms with van der Waals surface area (Å²) in [5.74, 6) is 1.62. The number of rotatable bonds is 3. The van der Waals surface area contributed by atoms with Crippen molar-refractivity contribution in [1.29, 1.82) is 0 Å². The summed E-state index contributed by atoms with van der Waals surface area (Å²) in [6.07, 6.45) is 5.34. The fraction of sp³-hybridized carbons (Fsp3) is 0.625. The van der Waals surface area contributed by atoms with Crippen molar-refractivity contribution in [3.05, 3.63) is 34.3 Å². The number of halogens is 1. The molecule has 0 spiro atoms. The lowest BCUT2D eigenvalue weighted by Crippen LogP contribution is -2.28. The number of hydrogen-bond acceptors (Lipinski definition) is 1. The van der Waals surface area contributed by atoms with Gasteiger partial charge in [-0.3, -0.25) is 0 Å². The minimum Gasteiger partial charge on any atom is -0.313 e. The standard InChI is InChI=1S/C16H24ClN/c1-11-4-7-13(8-5-11)16(18-3)14-9-6-12(2)10-15(14)17/h6,9-11,13,16,18H,4-5,7-8H2,1-3H3. The van der Waals surface area contributed by atoms with Crippen LogP contribution < -0.4 is 5.32 Å². The van der Waals surface area contributed by atoms with Crippen LogP contribution in [0.15, 0.2) is 18.2 Å². The summed E-state index contributed by atoms with van der Waals surface area (Å²) in [6, 6.07) is 6.84. The highest BCUT2D eigenvalue weighted by molar-refractivity contribution is 6.31. The van der Waals surface area contributed by atoms with Gasteiger partial charge in [-0.25, -0.2) is 0 Å². The Kier molecular flexibility index (Phi) is 4.69. The van der Waals surface area contributed by atoms with E-state index in [2.05, 4.69) is 44.4 Å². The Labute approximate surface area is 116 Å². The molecule has 1 nitrogen and oxygen atoms in total. The number of nitrogens with one attached hydrogen (secondary N) is 1. The van der Waals surface area contributed by atoms with Gasteiger partial charge in [-0.2, -0.15) is 0 Å². The second-order valence-electron chi connectivity index (χ2n) is 5.81. The van der Waals surface area contributed by atoms with Crippen molar-refractivity contribution in [2.24, 2.45) is 11.8 Å². The highest BCUT2D eigenvalue weighted by Crippen LogP contribution is 2.38. The van der Waals surface area contributed by atoms with Gasteiger partial charge in [0.05, 0.1) is 0 Å². The molecule has 0 amide bonds. The fourth-order valence-corrected chi connectivity index (χ4v) is 3.50. The van der Waals surface area contributed by atoms with Crippen LogP contribution in [-0.4, -0.2) is 7.05 Å². The van der Waals surface area contributed by atoms with E-state index in [0.717, 1.165) is 16.9 Å². The van der Waals surface area contributed by atoms with Crippen molar-refractivity contribution >= 4 is 11.6 Å². The Morgan fingerprint density at radius 1 is 1.22 bits per heavy atom. The molecule has 0 saturated heterocycles. The van der Waals surface area contributed by atoms with Crippen molar-refractivity contribution in [2.45, 2.75) is 45.6 Å². The van der Waals surface area contributed by atoms with E-state index in [1.54, 1.807) is 0 Å². The first-order valence-electron chi connectivity index (χ1n) is 7.05. The van der Waals surface area contributed by atoms with E-state index in [-0.39, 0.29) is 0 Å². The molecule has 1 unspecified atom stereocenters. The molecule has 0 aromatic heterocycles. The molecule has 1 aromatic rings. The third-order valence-electron chi connectivity index (χ3n) is 4.33. The molecule has 100 valence electrons. The third kappa shape index (κ3) is 3.07. The Morgan fingerprint density at radius 2 is 1.89 bits per heavy atom. The van der Waals surface area contributed by atoms with Crippen LogP contribution in [0.2, 0.25) is 5.02 Å². The minimum atomic E-state index is 0.408. The monoisotopic (exact) mass is 265 g/mol. The summed E-state index contributed by atoms with van der Waals surface area (Å²) in [6.45, 7) is 4.45. The van der Waals surface area contributed by atoms with Crippen molar-refractivity contribution in [1.82, 2.24) is 5.32 Å². The average molecular weight is 266 g/mol. The molecule has 2 rings (SSSR count). The van der Waals surface area contributed by atoms with Gasteiger partial charge < -0.3 is 5.32 Å². The zero-order valence-corrected chi connectivity index (χ0v) is 12.4. The molecule has 1 aromatic carbocycles. The van der Waals surface area contributed by atoms with Crippen molar-refractivity contribution in [3.8, 4) is 0 Å². The molecular formula is C16H24ClN. The summed E-state index contributed by atoms with van der Waals surface area (Å²) in [5.41, 5.74) is 2.50. The van der Waals surface area contributed by atoms with E-state index in [1.165, 1.54) is 36.8 Å². The predicted molar refractivity (Wildman–Crippen MR) is 79.1 cm³/mol. The predicted octanol–water partition coefficient (Wildman–Crippen LogP) is 4.74. The summed E-state index contributed by atoms with van der Waals surface area (Å²) in [4.78, 5) is 0. The molecule has 18 heavy (non-hydrogen) atoms. The Hall–Kier alpha value is -0.530. The highest BCUT2D eigenvalue weighted by Gasteiger charge is 2.27. The maximum atomic E-state index is 6.41. The Morgan fingerprint density at radius 3 is 2.44 bits per heavy atom. The molecule has 1 fully saturated rings. The smallest absolute Gasteiger partial charge is 0.0456 e. The van der Waals surface area contributed by atoms with Crippen molar-refractivity contribution in [2.75, 3.05) is 7.05 Å². The van der Waals surface area contributed by atoms with Gasteiger partial charge in [0.15, 0.2) is 0 Å². The van der Waals surface area contributed by atoms with Gasteiger partial charge in [-0.05, 0) is 55.8 Å². The molecular weight excluding hydrogens is 242 g/mol. The first-order chi connectivity index (χ1) is 8.61. The molecule has 0 aliphatic heterocycles. The van der Waals surface area contributed by atoms with Crippen LogP contribution in [0.5, 0.6) is 0 Å². The molecule has 1 N–H and O–H groups in total. The maximum absolute atomic E-state index is 6.41. The quantitative estimate of drug-likeness (QED) is 0.833. The van der Waals surface area contributed by atoms with E-state index in [9.17, 15) is 0 Å². The molecule has 0 bridgehead atoms. The second-order valence-corrected chi connectivity index (χ2v) is 6.22. The first-order valence-corrected chi connectivity index (χ1v) is 7.43. The van der Waals surface area contributed by atoms with E-state index in [0.29, 0.717) is 6.04 Å². The number of aryl methyl sites for hydroxylation is 1. The molecule has 1 aliphatic rings. The number of hydrogen-bond donors (Lipinski definition) is 1. The van der Waals surface area contributed by atoms with Gasteiger partial charge >= 0.3 is 0 Å². The van der Waals surface area contributed by atoms with Crippen LogP contribution in [-0.2, 0) is 0 Å². The van der Waals surface area contributed by atoms with Crippen LogP contribution in [0, 0.1) is 18.8 Å². The van der Waals surface area contributed by atoms with Gasteiger partial charge in [0.1, 0.15) is 0 Å². The minimum absolute atomic E-state index is 0.408. The van der Waals surface area contributed by atoms with Crippen molar-refractivity contribution in [3.63, 3.8) is 0 Å². The van der Waals surface area contributed by atoms with Gasteiger partial charge in [-0.1, -0.05) is 43.5 Å².